The lowest BCUT2D eigenvalue weighted by molar-refractivity contribution is 0.153. The molecule has 1 aliphatic rings. The molecule has 0 spiro atoms. The molecule has 0 amide bonds. The number of aromatic nitrogens is 1. The minimum Gasteiger partial charge on any atom is -0.314 e. The van der Waals surface area contributed by atoms with Gasteiger partial charge in [-0.1, -0.05) is 23.7 Å². The van der Waals surface area contributed by atoms with Crippen molar-refractivity contribution in [3.05, 3.63) is 63.3 Å². The van der Waals surface area contributed by atoms with Gasteiger partial charge in [-0.05, 0) is 45.3 Å². The topological polar surface area (TPSA) is 28.2 Å². The average Bonchev–Trinajstić information content (AvgIpc) is 2.52. The van der Waals surface area contributed by atoms with Crippen LogP contribution in [0.1, 0.15) is 17.2 Å². The SMILES string of the molecule is Cl.Clc1ccc(CN2CCNCC2c2cccnc2)cc1Br. The van der Waals surface area contributed by atoms with E-state index in [0.717, 1.165) is 35.7 Å². The quantitative estimate of drug-likeness (QED) is 0.838. The van der Waals surface area contributed by atoms with Crippen LogP contribution >= 0.6 is 39.9 Å². The van der Waals surface area contributed by atoms with E-state index in [-0.39, 0.29) is 12.4 Å². The summed E-state index contributed by atoms with van der Waals surface area (Å²) in [5.41, 5.74) is 2.53. The minimum atomic E-state index is 0. The van der Waals surface area contributed by atoms with Gasteiger partial charge in [-0.2, -0.15) is 0 Å². The molecule has 2 aromatic rings. The zero-order valence-corrected chi connectivity index (χ0v) is 15.2. The number of halogens is 3. The Kier molecular flexibility index (Phi) is 6.66. The third-order valence-electron chi connectivity index (χ3n) is 3.79. The number of hydrogen-bond donors (Lipinski definition) is 1. The van der Waals surface area contributed by atoms with E-state index in [0.29, 0.717) is 6.04 Å². The number of pyridine rings is 1. The molecule has 22 heavy (non-hydrogen) atoms. The molecule has 1 unspecified atom stereocenters. The number of rotatable bonds is 3. The van der Waals surface area contributed by atoms with Gasteiger partial charge in [0.15, 0.2) is 0 Å². The molecule has 0 bridgehead atoms. The number of benzene rings is 1. The van der Waals surface area contributed by atoms with Gasteiger partial charge in [0.25, 0.3) is 0 Å². The van der Waals surface area contributed by atoms with Crippen LogP contribution in [0.5, 0.6) is 0 Å². The molecule has 3 nitrogen and oxygen atoms in total. The van der Waals surface area contributed by atoms with E-state index in [1.165, 1.54) is 11.1 Å². The Morgan fingerprint density at radius 3 is 2.95 bits per heavy atom. The molecule has 0 radical (unpaired) electrons. The Morgan fingerprint density at radius 2 is 2.23 bits per heavy atom. The smallest absolute Gasteiger partial charge is 0.0548 e. The number of nitrogens with zero attached hydrogens (tertiary/aromatic N) is 2. The number of piperazine rings is 1. The van der Waals surface area contributed by atoms with E-state index in [1.54, 1.807) is 0 Å². The van der Waals surface area contributed by atoms with E-state index < -0.39 is 0 Å². The van der Waals surface area contributed by atoms with Crippen molar-refractivity contribution < 1.29 is 0 Å². The van der Waals surface area contributed by atoms with Gasteiger partial charge in [0, 0.05) is 49.1 Å². The first-order valence-corrected chi connectivity index (χ1v) is 8.20. The monoisotopic (exact) mass is 401 g/mol. The maximum absolute atomic E-state index is 6.07. The van der Waals surface area contributed by atoms with Crippen LogP contribution in [0, 0.1) is 0 Å². The Morgan fingerprint density at radius 1 is 1.36 bits per heavy atom. The predicted molar refractivity (Wildman–Crippen MR) is 96.7 cm³/mol. The Hall–Kier alpha value is -0.650. The second-order valence-corrected chi connectivity index (χ2v) is 6.49. The fourth-order valence-corrected chi connectivity index (χ4v) is 3.25. The molecule has 0 aliphatic carbocycles. The highest BCUT2D eigenvalue weighted by Gasteiger charge is 2.23. The van der Waals surface area contributed by atoms with Crippen LogP contribution in [0.15, 0.2) is 47.2 Å². The van der Waals surface area contributed by atoms with Crippen molar-refractivity contribution in [2.45, 2.75) is 12.6 Å². The summed E-state index contributed by atoms with van der Waals surface area (Å²) in [5, 5.41) is 4.22. The predicted octanol–water partition coefficient (Wildman–Crippen LogP) is 4.07. The van der Waals surface area contributed by atoms with Crippen molar-refractivity contribution in [1.29, 1.82) is 0 Å². The van der Waals surface area contributed by atoms with Crippen molar-refractivity contribution >= 4 is 39.9 Å². The molecule has 6 heteroatoms. The molecule has 1 fully saturated rings. The second kappa shape index (κ2) is 8.27. The standard InChI is InChI=1S/C16H17BrClN3.ClH/c17-14-8-12(3-4-15(14)18)11-21-7-6-20-10-16(21)13-2-1-5-19-9-13;/h1-5,8-9,16,20H,6-7,10-11H2;1H. The van der Waals surface area contributed by atoms with Crippen LogP contribution in [-0.4, -0.2) is 29.5 Å². The highest BCUT2D eigenvalue weighted by atomic mass is 79.9. The Labute approximate surface area is 150 Å². The summed E-state index contributed by atoms with van der Waals surface area (Å²) < 4.78 is 0.953. The highest BCUT2D eigenvalue weighted by Crippen LogP contribution is 2.27. The highest BCUT2D eigenvalue weighted by molar-refractivity contribution is 9.10. The first-order chi connectivity index (χ1) is 10.2. The molecule has 3 rings (SSSR count). The lowest BCUT2D eigenvalue weighted by Gasteiger charge is -2.36. The largest absolute Gasteiger partial charge is 0.314 e. The van der Waals surface area contributed by atoms with Crippen molar-refractivity contribution in [1.82, 2.24) is 15.2 Å². The molecular formula is C16H18BrCl2N3. The zero-order chi connectivity index (χ0) is 14.7. The maximum atomic E-state index is 6.07. The fourth-order valence-electron chi connectivity index (χ4n) is 2.71. The first kappa shape index (κ1) is 17.7. The molecule has 1 aromatic carbocycles. The van der Waals surface area contributed by atoms with Crippen molar-refractivity contribution in [3.63, 3.8) is 0 Å². The normalized spacial score (nSPS) is 18.7. The number of nitrogens with one attached hydrogen (secondary N) is 1. The first-order valence-electron chi connectivity index (χ1n) is 7.02. The van der Waals surface area contributed by atoms with Crippen LogP contribution in [0.3, 0.4) is 0 Å². The summed E-state index contributed by atoms with van der Waals surface area (Å²) in [6.45, 7) is 3.92. The van der Waals surface area contributed by atoms with Crippen LogP contribution < -0.4 is 5.32 Å². The Balaban J connectivity index is 0.00000176. The van der Waals surface area contributed by atoms with E-state index in [1.807, 2.05) is 24.5 Å². The molecule has 1 saturated heterocycles. The van der Waals surface area contributed by atoms with Crippen LogP contribution in [0.25, 0.3) is 0 Å². The molecule has 1 aliphatic heterocycles. The fraction of sp³-hybridized carbons (Fsp3) is 0.312. The Bertz CT molecular complexity index is 610. The van der Waals surface area contributed by atoms with Gasteiger partial charge in [0.2, 0.25) is 0 Å². The van der Waals surface area contributed by atoms with Gasteiger partial charge in [-0.3, -0.25) is 9.88 Å². The summed E-state index contributed by atoms with van der Waals surface area (Å²) in [6, 6.07) is 10.7. The lowest BCUT2D eigenvalue weighted by Crippen LogP contribution is -2.45. The summed E-state index contributed by atoms with van der Waals surface area (Å²) in [4.78, 5) is 6.74. The molecule has 0 saturated carbocycles. The van der Waals surface area contributed by atoms with Gasteiger partial charge in [-0.15, -0.1) is 12.4 Å². The molecule has 1 N–H and O–H groups in total. The van der Waals surface area contributed by atoms with Crippen molar-refractivity contribution in [2.75, 3.05) is 19.6 Å². The second-order valence-electron chi connectivity index (χ2n) is 5.23. The van der Waals surface area contributed by atoms with E-state index >= 15 is 0 Å². The summed E-state index contributed by atoms with van der Waals surface area (Å²) in [5.74, 6) is 0. The van der Waals surface area contributed by atoms with Gasteiger partial charge in [0.05, 0.1) is 5.02 Å². The molecule has 2 heterocycles. The zero-order valence-electron chi connectivity index (χ0n) is 12.0. The van der Waals surface area contributed by atoms with E-state index in [2.05, 4.69) is 49.3 Å². The van der Waals surface area contributed by atoms with Gasteiger partial charge < -0.3 is 5.32 Å². The van der Waals surface area contributed by atoms with Crippen LogP contribution in [0.4, 0.5) is 0 Å². The number of hydrogen-bond acceptors (Lipinski definition) is 3. The maximum Gasteiger partial charge on any atom is 0.0548 e. The van der Waals surface area contributed by atoms with Crippen LogP contribution in [0.2, 0.25) is 5.02 Å². The molecule has 1 atom stereocenters. The van der Waals surface area contributed by atoms with Gasteiger partial charge >= 0.3 is 0 Å². The van der Waals surface area contributed by atoms with Crippen molar-refractivity contribution in [2.24, 2.45) is 0 Å². The molecular weight excluding hydrogens is 385 g/mol. The van der Waals surface area contributed by atoms with Crippen LogP contribution in [-0.2, 0) is 6.54 Å². The third kappa shape index (κ3) is 4.21. The van der Waals surface area contributed by atoms with E-state index in [4.69, 9.17) is 11.6 Å². The van der Waals surface area contributed by atoms with E-state index in [9.17, 15) is 0 Å². The summed E-state index contributed by atoms with van der Waals surface area (Å²) in [7, 11) is 0. The van der Waals surface area contributed by atoms with Gasteiger partial charge in [-0.25, -0.2) is 0 Å². The summed E-state index contributed by atoms with van der Waals surface area (Å²) in [6.07, 6.45) is 3.78. The van der Waals surface area contributed by atoms with Gasteiger partial charge in [0.1, 0.15) is 0 Å². The molecule has 118 valence electrons. The lowest BCUT2D eigenvalue weighted by atomic mass is 10.0. The minimum absolute atomic E-state index is 0. The van der Waals surface area contributed by atoms with Crippen molar-refractivity contribution in [3.8, 4) is 0 Å². The summed E-state index contributed by atoms with van der Waals surface area (Å²) >= 11 is 9.57. The third-order valence-corrected chi connectivity index (χ3v) is 5.01. The molecule has 1 aromatic heterocycles. The average molecular weight is 403 g/mol.